The second-order valence-corrected chi connectivity index (χ2v) is 7.26. The van der Waals surface area contributed by atoms with Gasteiger partial charge in [-0.15, -0.1) is 0 Å². The van der Waals surface area contributed by atoms with E-state index >= 15 is 0 Å². The van der Waals surface area contributed by atoms with Gasteiger partial charge >= 0.3 is 0 Å². The van der Waals surface area contributed by atoms with Gasteiger partial charge in [-0.3, -0.25) is 9.59 Å². The van der Waals surface area contributed by atoms with Crippen LogP contribution in [-0.2, 0) is 6.54 Å². The highest BCUT2D eigenvalue weighted by molar-refractivity contribution is 6.34. The molecule has 2 atom stereocenters. The van der Waals surface area contributed by atoms with Crippen LogP contribution in [0.25, 0.3) is 11.1 Å². The van der Waals surface area contributed by atoms with Crippen molar-refractivity contribution < 1.29 is 4.79 Å². The molecule has 1 aromatic heterocycles. The summed E-state index contributed by atoms with van der Waals surface area (Å²) in [4.78, 5) is 24.7. The number of carbonyl (C=O) groups is 1. The summed E-state index contributed by atoms with van der Waals surface area (Å²) in [6.07, 6.45) is 1.13. The van der Waals surface area contributed by atoms with Gasteiger partial charge in [-0.05, 0) is 48.2 Å². The first kappa shape index (κ1) is 16.4. The Morgan fingerprint density at radius 1 is 1.24 bits per heavy atom. The molecule has 0 aliphatic carbocycles. The third-order valence-corrected chi connectivity index (χ3v) is 5.56. The highest BCUT2D eigenvalue weighted by Gasteiger charge is 2.31. The molecule has 2 aromatic rings. The lowest BCUT2D eigenvalue weighted by molar-refractivity contribution is 0.0963. The van der Waals surface area contributed by atoms with Crippen molar-refractivity contribution in [2.45, 2.75) is 18.9 Å². The van der Waals surface area contributed by atoms with Gasteiger partial charge in [-0.2, -0.15) is 0 Å². The number of hydrogen-bond donors (Lipinski definition) is 2. The lowest BCUT2D eigenvalue weighted by Gasteiger charge is -2.37. The van der Waals surface area contributed by atoms with Crippen LogP contribution in [0.1, 0.15) is 28.4 Å². The minimum Gasteiger partial charge on any atom is -0.355 e. The van der Waals surface area contributed by atoms with E-state index in [1.807, 2.05) is 10.6 Å². The zero-order chi connectivity index (χ0) is 17.6. The van der Waals surface area contributed by atoms with Crippen LogP contribution in [0.5, 0.6) is 0 Å². The van der Waals surface area contributed by atoms with Crippen LogP contribution in [0.4, 0.5) is 0 Å². The van der Waals surface area contributed by atoms with Crippen molar-refractivity contribution in [3.05, 3.63) is 57.0 Å². The van der Waals surface area contributed by atoms with Crippen molar-refractivity contribution in [3.8, 4) is 11.1 Å². The Bertz CT molecular complexity index is 906. The van der Waals surface area contributed by atoms with Crippen LogP contribution < -0.4 is 16.2 Å². The molecule has 1 fully saturated rings. The van der Waals surface area contributed by atoms with E-state index in [9.17, 15) is 9.59 Å². The Morgan fingerprint density at radius 3 is 2.88 bits per heavy atom. The number of nitrogens with one attached hydrogen (secondary N) is 2. The smallest absolute Gasteiger partial charge is 0.252 e. The lowest BCUT2D eigenvalue weighted by Crippen LogP contribution is -2.44. The Labute approximate surface area is 151 Å². The molecule has 0 radical (unpaired) electrons. The Morgan fingerprint density at radius 2 is 2.08 bits per heavy atom. The number of rotatable bonds is 2. The summed E-state index contributed by atoms with van der Waals surface area (Å²) in [5.41, 5.74) is 3.19. The molecule has 5 nitrogen and oxygen atoms in total. The third kappa shape index (κ3) is 2.87. The number of pyridine rings is 1. The fraction of sp³-hybridized carbons (Fsp3) is 0.368. The predicted molar refractivity (Wildman–Crippen MR) is 98.3 cm³/mol. The maximum absolute atomic E-state index is 12.7. The van der Waals surface area contributed by atoms with E-state index in [1.165, 1.54) is 0 Å². The Hall–Kier alpha value is -2.11. The van der Waals surface area contributed by atoms with Crippen molar-refractivity contribution in [1.29, 1.82) is 0 Å². The summed E-state index contributed by atoms with van der Waals surface area (Å²) in [7, 11) is 1.57. The molecule has 0 saturated carbocycles. The van der Waals surface area contributed by atoms with Crippen molar-refractivity contribution >= 4 is 17.5 Å². The number of piperidine rings is 1. The number of fused-ring (bicyclic) bond motifs is 4. The lowest BCUT2D eigenvalue weighted by atomic mass is 9.83. The predicted octanol–water partition coefficient (Wildman–Crippen LogP) is 2.23. The molecule has 2 bridgehead atoms. The summed E-state index contributed by atoms with van der Waals surface area (Å²) in [6, 6.07) is 9.06. The van der Waals surface area contributed by atoms with Gasteiger partial charge in [0.15, 0.2) is 0 Å². The molecule has 130 valence electrons. The van der Waals surface area contributed by atoms with Crippen LogP contribution in [0.2, 0.25) is 5.02 Å². The van der Waals surface area contributed by atoms with Crippen LogP contribution in [-0.4, -0.2) is 30.6 Å². The molecule has 3 heterocycles. The Kier molecular flexibility index (Phi) is 4.13. The van der Waals surface area contributed by atoms with Crippen molar-refractivity contribution in [1.82, 2.24) is 15.2 Å². The first-order valence-corrected chi connectivity index (χ1v) is 8.92. The first-order chi connectivity index (χ1) is 12.1. The molecule has 4 rings (SSSR count). The molecular weight excluding hydrogens is 338 g/mol. The second-order valence-electron chi connectivity index (χ2n) is 6.85. The molecule has 6 heteroatoms. The number of nitrogens with zero attached hydrogens (tertiary/aromatic N) is 1. The van der Waals surface area contributed by atoms with Gasteiger partial charge in [-0.25, -0.2) is 0 Å². The van der Waals surface area contributed by atoms with Crippen LogP contribution in [0.15, 0.2) is 35.1 Å². The van der Waals surface area contributed by atoms with E-state index in [2.05, 4.69) is 16.7 Å². The molecule has 0 spiro atoms. The maximum atomic E-state index is 12.7. The van der Waals surface area contributed by atoms with Gasteiger partial charge in [0, 0.05) is 37.8 Å². The summed E-state index contributed by atoms with van der Waals surface area (Å²) in [5, 5.41) is 6.45. The number of hydrogen-bond acceptors (Lipinski definition) is 3. The molecule has 1 amide bonds. The van der Waals surface area contributed by atoms with Gasteiger partial charge < -0.3 is 15.2 Å². The van der Waals surface area contributed by atoms with Crippen molar-refractivity contribution in [2.24, 2.45) is 5.92 Å². The van der Waals surface area contributed by atoms with Gasteiger partial charge in [0.05, 0.1) is 10.6 Å². The highest BCUT2D eigenvalue weighted by Crippen LogP contribution is 2.34. The monoisotopic (exact) mass is 357 g/mol. The molecule has 1 saturated heterocycles. The Balaban J connectivity index is 1.81. The van der Waals surface area contributed by atoms with E-state index < -0.39 is 0 Å². The topological polar surface area (TPSA) is 63.1 Å². The zero-order valence-electron chi connectivity index (χ0n) is 14.0. The summed E-state index contributed by atoms with van der Waals surface area (Å²) in [5.74, 6) is 0.664. The fourth-order valence-electron chi connectivity index (χ4n) is 3.98. The first-order valence-electron chi connectivity index (χ1n) is 8.54. The van der Waals surface area contributed by atoms with Crippen molar-refractivity contribution in [2.75, 3.05) is 20.1 Å². The molecule has 2 N–H and O–H groups in total. The summed E-state index contributed by atoms with van der Waals surface area (Å²) < 4.78 is 1.92. The van der Waals surface area contributed by atoms with Crippen molar-refractivity contribution in [3.63, 3.8) is 0 Å². The van der Waals surface area contributed by atoms with E-state index in [0.717, 1.165) is 42.9 Å². The van der Waals surface area contributed by atoms with Gasteiger partial charge in [-0.1, -0.05) is 17.7 Å². The zero-order valence-corrected chi connectivity index (χ0v) is 14.8. The van der Waals surface area contributed by atoms with Gasteiger partial charge in [0.1, 0.15) is 0 Å². The fourth-order valence-corrected chi connectivity index (χ4v) is 4.19. The molecular formula is C19H20ClN3O2. The van der Waals surface area contributed by atoms with E-state index in [0.29, 0.717) is 22.4 Å². The number of amides is 1. The van der Waals surface area contributed by atoms with E-state index in [4.69, 9.17) is 11.6 Å². The van der Waals surface area contributed by atoms with Gasteiger partial charge in [0.2, 0.25) is 0 Å². The maximum Gasteiger partial charge on any atom is 0.252 e. The molecule has 0 unspecified atom stereocenters. The van der Waals surface area contributed by atoms with E-state index in [1.54, 1.807) is 25.2 Å². The van der Waals surface area contributed by atoms with Crippen LogP contribution >= 0.6 is 11.6 Å². The average Bonchev–Trinajstić information content (AvgIpc) is 2.62. The molecule has 2 aliphatic heterocycles. The molecule has 1 aromatic carbocycles. The second kappa shape index (κ2) is 6.32. The summed E-state index contributed by atoms with van der Waals surface area (Å²) >= 11 is 6.14. The van der Waals surface area contributed by atoms with Gasteiger partial charge in [0.25, 0.3) is 11.5 Å². The van der Waals surface area contributed by atoms with Crippen LogP contribution in [0.3, 0.4) is 0 Å². The SMILES string of the molecule is CNC(=O)c1cc(-c2cc3n(c(=O)c2)C[C@@H]2CNC[C@H]3C2)ccc1Cl. The normalized spacial score (nSPS) is 21.5. The average molecular weight is 358 g/mol. The van der Waals surface area contributed by atoms with Crippen LogP contribution in [0, 0.1) is 5.92 Å². The standard InChI is InChI=1S/C19H20ClN3O2/c1-21-19(25)15-5-12(2-3-16(15)20)13-6-17-14-4-11(8-22-9-14)10-23(17)18(24)7-13/h2-3,5-7,11,14,22H,4,8-10H2,1H3,(H,21,25)/t11-,14+/m0/s1. The third-order valence-electron chi connectivity index (χ3n) is 5.23. The minimum atomic E-state index is -0.235. The quantitative estimate of drug-likeness (QED) is 0.866. The summed E-state index contributed by atoms with van der Waals surface area (Å²) in [6.45, 7) is 2.67. The van der Waals surface area contributed by atoms with E-state index in [-0.39, 0.29) is 11.5 Å². The number of aromatic nitrogens is 1. The molecule has 25 heavy (non-hydrogen) atoms. The number of benzene rings is 1. The number of halogens is 1. The largest absolute Gasteiger partial charge is 0.355 e. The minimum absolute atomic E-state index is 0.0283. The molecule has 2 aliphatic rings. The number of carbonyl (C=O) groups excluding carboxylic acids is 1. The highest BCUT2D eigenvalue weighted by atomic mass is 35.5.